The summed E-state index contributed by atoms with van der Waals surface area (Å²) in [4.78, 5) is 29.4. The van der Waals surface area contributed by atoms with Crippen molar-refractivity contribution >= 4 is 11.8 Å². The molecule has 0 bridgehead atoms. The highest BCUT2D eigenvalue weighted by Crippen LogP contribution is 2.18. The predicted molar refractivity (Wildman–Crippen MR) is 117 cm³/mol. The zero-order chi connectivity index (χ0) is 21.5. The van der Waals surface area contributed by atoms with Crippen LogP contribution in [0.3, 0.4) is 0 Å². The minimum Gasteiger partial charge on any atom is -0.496 e. The van der Waals surface area contributed by atoms with Gasteiger partial charge in [-0.25, -0.2) is 0 Å². The molecule has 2 aromatic rings. The van der Waals surface area contributed by atoms with Crippen LogP contribution in [-0.4, -0.2) is 56.0 Å². The lowest BCUT2D eigenvalue weighted by atomic mass is 10.0. The number of carbonyl (C=O) groups excluding carboxylic acids is 2. The molecular formula is C24H32N3O3+. The van der Waals surface area contributed by atoms with Crippen molar-refractivity contribution in [3.8, 4) is 5.75 Å². The largest absolute Gasteiger partial charge is 0.496 e. The van der Waals surface area contributed by atoms with Gasteiger partial charge in [-0.2, -0.15) is 0 Å². The predicted octanol–water partition coefficient (Wildman–Crippen LogP) is 1.38. The first-order valence-electron chi connectivity index (χ1n) is 10.6. The Morgan fingerprint density at radius 1 is 1.03 bits per heavy atom. The van der Waals surface area contributed by atoms with E-state index in [1.165, 1.54) is 17.6 Å². The van der Waals surface area contributed by atoms with E-state index in [-0.39, 0.29) is 17.7 Å². The molecule has 1 atom stereocenters. The zero-order valence-corrected chi connectivity index (χ0v) is 18.1. The van der Waals surface area contributed by atoms with Gasteiger partial charge in [0.1, 0.15) is 18.3 Å². The van der Waals surface area contributed by atoms with Crippen molar-refractivity contribution in [3.63, 3.8) is 0 Å². The fourth-order valence-corrected chi connectivity index (χ4v) is 3.87. The molecule has 0 radical (unpaired) electrons. The Labute approximate surface area is 178 Å². The van der Waals surface area contributed by atoms with Crippen LogP contribution in [0.2, 0.25) is 0 Å². The fourth-order valence-electron chi connectivity index (χ4n) is 3.87. The Morgan fingerprint density at radius 2 is 1.67 bits per heavy atom. The number of methoxy groups -OCH3 is 1. The van der Waals surface area contributed by atoms with E-state index in [1.54, 1.807) is 18.2 Å². The number of nitrogens with one attached hydrogen (secondary N) is 2. The molecule has 1 fully saturated rings. The van der Waals surface area contributed by atoms with Crippen LogP contribution in [0.4, 0.5) is 0 Å². The van der Waals surface area contributed by atoms with E-state index < -0.39 is 6.04 Å². The molecule has 2 N–H and O–H groups in total. The van der Waals surface area contributed by atoms with Crippen molar-refractivity contribution in [2.75, 3.05) is 33.3 Å². The SMILES string of the molecule is COc1ccccc1C(=O)N[C@H](C(=O)N1CC[NH+](Cc2ccccc2)CC1)C(C)C. The number of nitrogens with zero attached hydrogens (tertiary/aromatic N) is 1. The third kappa shape index (κ3) is 5.39. The van der Waals surface area contributed by atoms with Gasteiger partial charge in [-0.3, -0.25) is 9.59 Å². The number of hydrogen-bond acceptors (Lipinski definition) is 3. The summed E-state index contributed by atoms with van der Waals surface area (Å²) in [5, 5.41) is 2.94. The van der Waals surface area contributed by atoms with Gasteiger partial charge in [-0.05, 0) is 18.1 Å². The Balaban J connectivity index is 1.60. The quantitative estimate of drug-likeness (QED) is 0.725. The van der Waals surface area contributed by atoms with Crippen LogP contribution in [0.5, 0.6) is 5.75 Å². The van der Waals surface area contributed by atoms with E-state index in [0.717, 1.165) is 19.6 Å². The molecule has 0 saturated carbocycles. The molecule has 3 rings (SSSR count). The van der Waals surface area contributed by atoms with Crippen LogP contribution in [-0.2, 0) is 11.3 Å². The average molecular weight is 411 g/mol. The van der Waals surface area contributed by atoms with Crippen LogP contribution in [0.25, 0.3) is 0 Å². The number of carbonyl (C=O) groups is 2. The van der Waals surface area contributed by atoms with Crippen molar-refractivity contribution in [1.82, 2.24) is 10.2 Å². The van der Waals surface area contributed by atoms with E-state index in [1.807, 2.05) is 30.9 Å². The highest BCUT2D eigenvalue weighted by atomic mass is 16.5. The van der Waals surface area contributed by atoms with Gasteiger partial charge in [-0.15, -0.1) is 0 Å². The Hall–Kier alpha value is -2.86. The lowest BCUT2D eigenvalue weighted by Crippen LogP contribution is -3.13. The van der Waals surface area contributed by atoms with Crippen molar-refractivity contribution in [1.29, 1.82) is 0 Å². The maximum Gasteiger partial charge on any atom is 0.255 e. The van der Waals surface area contributed by atoms with Crippen molar-refractivity contribution in [2.24, 2.45) is 5.92 Å². The van der Waals surface area contributed by atoms with E-state index in [2.05, 4.69) is 29.6 Å². The molecule has 1 aliphatic rings. The molecule has 6 nitrogen and oxygen atoms in total. The number of amides is 2. The van der Waals surface area contributed by atoms with Gasteiger partial charge in [0.2, 0.25) is 5.91 Å². The molecule has 0 spiro atoms. The van der Waals surface area contributed by atoms with E-state index in [4.69, 9.17) is 4.74 Å². The molecular weight excluding hydrogens is 378 g/mol. The highest BCUT2D eigenvalue weighted by Gasteiger charge is 2.32. The molecule has 2 aromatic carbocycles. The number of quaternary nitrogens is 1. The van der Waals surface area contributed by atoms with Gasteiger partial charge in [0, 0.05) is 5.56 Å². The Bertz CT molecular complexity index is 846. The van der Waals surface area contributed by atoms with Crippen molar-refractivity contribution in [2.45, 2.75) is 26.4 Å². The van der Waals surface area contributed by atoms with Gasteiger partial charge >= 0.3 is 0 Å². The first-order chi connectivity index (χ1) is 14.5. The van der Waals surface area contributed by atoms with Crippen molar-refractivity contribution in [3.05, 3.63) is 65.7 Å². The van der Waals surface area contributed by atoms with E-state index in [9.17, 15) is 9.59 Å². The molecule has 2 amide bonds. The lowest BCUT2D eigenvalue weighted by Gasteiger charge is -2.35. The van der Waals surface area contributed by atoms with Gasteiger partial charge in [0.25, 0.3) is 5.91 Å². The highest BCUT2D eigenvalue weighted by molar-refractivity contribution is 5.99. The lowest BCUT2D eigenvalue weighted by molar-refractivity contribution is -0.917. The van der Waals surface area contributed by atoms with Crippen LogP contribution in [0.15, 0.2) is 54.6 Å². The van der Waals surface area contributed by atoms with Gasteiger partial charge < -0.3 is 19.9 Å². The second-order valence-corrected chi connectivity index (χ2v) is 8.13. The van der Waals surface area contributed by atoms with Crippen LogP contribution in [0, 0.1) is 5.92 Å². The minimum atomic E-state index is -0.557. The fraction of sp³-hybridized carbons (Fsp3) is 0.417. The van der Waals surface area contributed by atoms with Crippen LogP contribution < -0.4 is 15.0 Å². The van der Waals surface area contributed by atoms with Crippen molar-refractivity contribution < 1.29 is 19.2 Å². The van der Waals surface area contributed by atoms with Crippen LogP contribution in [0.1, 0.15) is 29.8 Å². The second kappa shape index (κ2) is 10.3. The number of ether oxygens (including phenoxy) is 1. The smallest absolute Gasteiger partial charge is 0.255 e. The third-order valence-electron chi connectivity index (χ3n) is 5.65. The Morgan fingerprint density at radius 3 is 2.30 bits per heavy atom. The standard InChI is InChI=1S/C24H31N3O3/c1-18(2)22(25-23(28)20-11-7-8-12-21(20)30-3)24(29)27-15-13-26(14-16-27)17-19-9-5-4-6-10-19/h4-12,18,22H,13-17H2,1-3H3,(H,25,28)/p+1/t22-/m0/s1. The molecule has 1 heterocycles. The first kappa shape index (κ1) is 21.8. The Kier molecular flexibility index (Phi) is 7.46. The monoisotopic (exact) mass is 410 g/mol. The minimum absolute atomic E-state index is 0.00740. The number of hydrogen-bond donors (Lipinski definition) is 2. The molecule has 0 aliphatic carbocycles. The molecule has 6 heteroatoms. The number of piperazine rings is 1. The van der Waals surface area contributed by atoms with Gasteiger partial charge in [0.05, 0.1) is 38.9 Å². The van der Waals surface area contributed by atoms with E-state index >= 15 is 0 Å². The number of benzene rings is 2. The second-order valence-electron chi connectivity index (χ2n) is 8.13. The summed E-state index contributed by atoms with van der Waals surface area (Å²) in [5.41, 5.74) is 1.76. The molecule has 0 aromatic heterocycles. The topological polar surface area (TPSA) is 63.1 Å². The summed E-state index contributed by atoms with van der Waals surface area (Å²) in [6.45, 7) is 8.12. The van der Waals surface area contributed by atoms with Gasteiger partial charge in [0.15, 0.2) is 0 Å². The van der Waals surface area contributed by atoms with Gasteiger partial charge in [-0.1, -0.05) is 56.3 Å². The summed E-state index contributed by atoms with van der Waals surface area (Å²) >= 11 is 0. The molecule has 30 heavy (non-hydrogen) atoms. The maximum atomic E-state index is 13.2. The average Bonchev–Trinajstić information content (AvgIpc) is 2.78. The van der Waals surface area contributed by atoms with E-state index in [0.29, 0.717) is 24.4 Å². The molecule has 1 saturated heterocycles. The number of rotatable bonds is 7. The third-order valence-corrected chi connectivity index (χ3v) is 5.65. The number of para-hydroxylation sites is 1. The molecule has 0 unspecified atom stereocenters. The maximum absolute atomic E-state index is 13.2. The summed E-state index contributed by atoms with van der Waals surface area (Å²) in [6.07, 6.45) is 0. The van der Waals surface area contributed by atoms with Crippen LogP contribution >= 0.6 is 0 Å². The first-order valence-corrected chi connectivity index (χ1v) is 10.6. The normalized spacial score (nSPS) is 15.7. The molecule has 160 valence electrons. The molecule has 1 aliphatic heterocycles. The summed E-state index contributed by atoms with van der Waals surface area (Å²) < 4.78 is 5.29. The summed E-state index contributed by atoms with van der Waals surface area (Å²) in [6, 6.07) is 16.9. The summed E-state index contributed by atoms with van der Waals surface area (Å²) in [5.74, 6) is 0.203. The summed E-state index contributed by atoms with van der Waals surface area (Å²) in [7, 11) is 1.54. The zero-order valence-electron chi connectivity index (χ0n) is 18.1.